The molecule has 6 heteroatoms. The van der Waals surface area contributed by atoms with Crippen LogP contribution in [0, 0.1) is 0 Å². The van der Waals surface area contributed by atoms with Crippen molar-refractivity contribution in [3.63, 3.8) is 0 Å². The number of hydrogen-bond acceptors (Lipinski definition) is 4. The first-order valence-corrected chi connectivity index (χ1v) is 10.7. The van der Waals surface area contributed by atoms with Crippen molar-refractivity contribution >= 4 is 34.3 Å². The molecule has 0 aliphatic rings. The maximum atomic E-state index is 12.8. The number of nitrogens with one attached hydrogen (secondary N) is 1. The Balaban J connectivity index is 1.45. The minimum Gasteiger partial charge on any atom is -0.469 e. The molecule has 1 heterocycles. The molecule has 1 N–H and O–H groups in total. The monoisotopic (exact) mass is 439 g/mol. The Morgan fingerprint density at radius 2 is 1.67 bits per heavy atom. The summed E-state index contributed by atoms with van der Waals surface area (Å²) in [7, 11) is 3.08. The molecular weight excluding hydrogens is 414 g/mol. The van der Waals surface area contributed by atoms with Crippen molar-refractivity contribution in [2.45, 2.75) is 12.8 Å². The van der Waals surface area contributed by atoms with Crippen LogP contribution < -0.4 is 10.2 Å². The Labute approximate surface area is 192 Å². The first-order valence-electron chi connectivity index (χ1n) is 10.7. The van der Waals surface area contributed by atoms with Gasteiger partial charge in [-0.15, -0.1) is 0 Å². The molecule has 0 radical (unpaired) electrons. The molecule has 1 aromatic heterocycles. The largest absolute Gasteiger partial charge is 0.469 e. The van der Waals surface area contributed by atoms with Gasteiger partial charge in [0.25, 0.3) is 0 Å². The van der Waals surface area contributed by atoms with Crippen LogP contribution in [0.25, 0.3) is 22.0 Å². The van der Waals surface area contributed by atoms with Crippen LogP contribution in [0.1, 0.15) is 12.0 Å². The zero-order valence-corrected chi connectivity index (χ0v) is 18.6. The van der Waals surface area contributed by atoms with Gasteiger partial charge in [-0.1, -0.05) is 60.7 Å². The molecule has 0 aliphatic heterocycles. The van der Waals surface area contributed by atoms with Gasteiger partial charge in [-0.3, -0.25) is 9.69 Å². The van der Waals surface area contributed by atoms with Gasteiger partial charge >= 0.3 is 12.0 Å². The van der Waals surface area contributed by atoms with E-state index in [1.165, 1.54) is 12.0 Å². The first kappa shape index (κ1) is 22.0. The number of anilines is 2. The van der Waals surface area contributed by atoms with Gasteiger partial charge in [0, 0.05) is 24.7 Å². The third kappa shape index (κ3) is 5.36. The van der Waals surface area contributed by atoms with Gasteiger partial charge in [-0.05, 0) is 47.0 Å². The van der Waals surface area contributed by atoms with Crippen molar-refractivity contribution in [1.29, 1.82) is 0 Å². The number of esters is 1. The number of methoxy groups -OCH3 is 1. The predicted molar refractivity (Wildman–Crippen MR) is 131 cm³/mol. The van der Waals surface area contributed by atoms with Crippen molar-refractivity contribution in [3.05, 3.63) is 90.5 Å². The molecule has 0 saturated heterocycles. The smallest absolute Gasteiger partial charge is 0.327 e. The number of carbonyl (C=O) groups excluding carboxylic acids is 2. The average Bonchev–Trinajstić information content (AvgIpc) is 2.87. The predicted octanol–water partition coefficient (Wildman–Crippen LogP) is 5.68. The first-order chi connectivity index (χ1) is 16.0. The molecule has 0 fully saturated rings. The molecule has 0 atom stereocenters. The second kappa shape index (κ2) is 9.96. The van der Waals surface area contributed by atoms with Gasteiger partial charge in [-0.2, -0.15) is 0 Å². The van der Waals surface area contributed by atoms with Crippen LogP contribution in [0.2, 0.25) is 0 Å². The SMILES string of the molecule is COC(=O)CCc1ccc(-c2cccc(N(C)C(=O)Nc3ccc4ccccc4c3)n2)cc1. The molecule has 166 valence electrons. The van der Waals surface area contributed by atoms with Crippen LogP contribution in [0.5, 0.6) is 0 Å². The third-order valence-electron chi connectivity index (χ3n) is 5.48. The number of ether oxygens (including phenoxy) is 1. The van der Waals surface area contributed by atoms with Crippen LogP contribution in [-0.4, -0.2) is 31.1 Å². The maximum absolute atomic E-state index is 12.8. The molecule has 4 aromatic rings. The third-order valence-corrected chi connectivity index (χ3v) is 5.48. The fourth-order valence-electron chi connectivity index (χ4n) is 3.54. The molecule has 33 heavy (non-hydrogen) atoms. The Morgan fingerprint density at radius 3 is 2.42 bits per heavy atom. The topological polar surface area (TPSA) is 71.5 Å². The zero-order valence-electron chi connectivity index (χ0n) is 18.6. The summed E-state index contributed by atoms with van der Waals surface area (Å²) >= 11 is 0. The van der Waals surface area contributed by atoms with Crippen LogP contribution in [0.15, 0.2) is 84.9 Å². The van der Waals surface area contributed by atoms with E-state index in [1.54, 1.807) is 13.1 Å². The molecule has 0 saturated carbocycles. The summed E-state index contributed by atoms with van der Waals surface area (Å²) in [6, 6.07) is 27.0. The molecule has 3 aromatic carbocycles. The standard InChI is InChI=1S/C27H25N3O3/c1-30(27(32)28-23-16-15-20-6-3-4-7-22(20)18-23)25-9-5-8-24(29-25)21-13-10-19(11-14-21)12-17-26(31)33-2/h3-11,13-16,18H,12,17H2,1-2H3,(H,28,32). The van der Waals surface area contributed by atoms with E-state index in [1.807, 2.05) is 78.9 Å². The highest BCUT2D eigenvalue weighted by Crippen LogP contribution is 2.23. The molecular formula is C27H25N3O3. The summed E-state index contributed by atoms with van der Waals surface area (Å²) in [4.78, 5) is 30.3. The van der Waals surface area contributed by atoms with E-state index in [0.717, 1.165) is 33.3 Å². The fraction of sp³-hybridized carbons (Fsp3) is 0.148. The van der Waals surface area contributed by atoms with Gasteiger partial charge in [0.1, 0.15) is 5.82 Å². The van der Waals surface area contributed by atoms with E-state index < -0.39 is 0 Å². The Bertz CT molecular complexity index is 1290. The van der Waals surface area contributed by atoms with E-state index >= 15 is 0 Å². The van der Waals surface area contributed by atoms with Crippen LogP contribution >= 0.6 is 0 Å². The Kier molecular flexibility index (Phi) is 6.64. The van der Waals surface area contributed by atoms with Gasteiger partial charge in [0.15, 0.2) is 0 Å². The second-order valence-electron chi connectivity index (χ2n) is 7.71. The number of benzene rings is 3. The molecule has 0 bridgehead atoms. The minimum absolute atomic E-state index is 0.224. The van der Waals surface area contributed by atoms with Gasteiger partial charge < -0.3 is 10.1 Å². The minimum atomic E-state index is -0.270. The lowest BCUT2D eigenvalue weighted by Crippen LogP contribution is -2.31. The quantitative estimate of drug-likeness (QED) is 0.393. The summed E-state index contributed by atoms with van der Waals surface area (Å²) in [5.41, 5.74) is 3.47. The molecule has 0 unspecified atom stereocenters. The van der Waals surface area contributed by atoms with E-state index in [9.17, 15) is 9.59 Å². The number of urea groups is 1. The van der Waals surface area contributed by atoms with Crippen LogP contribution in [0.3, 0.4) is 0 Å². The van der Waals surface area contributed by atoms with Gasteiger partial charge in [-0.25, -0.2) is 9.78 Å². The van der Waals surface area contributed by atoms with E-state index in [-0.39, 0.29) is 12.0 Å². The average molecular weight is 440 g/mol. The number of nitrogens with zero attached hydrogens (tertiary/aromatic N) is 2. The summed E-state index contributed by atoms with van der Waals surface area (Å²) in [5.74, 6) is 0.319. The summed E-state index contributed by atoms with van der Waals surface area (Å²) in [6.45, 7) is 0. The number of aryl methyl sites for hydroxylation is 1. The summed E-state index contributed by atoms with van der Waals surface area (Å²) in [5, 5.41) is 5.12. The summed E-state index contributed by atoms with van der Waals surface area (Å²) in [6.07, 6.45) is 0.971. The molecule has 0 aliphatic carbocycles. The van der Waals surface area contributed by atoms with Crippen molar-refractivity contribution in [2.24, 2.45) is 0 Å². The number of hydrogen-bond donors (Lipinski definition) is 1. The van der Waals surface area contributed by atoms with Crippen molar-refractivity contribution in [2.75, 3.05) is 24.4 Å². The fourth-order valence-corrected chi connectivity index (χ4v) is 3.54. The van der Waals surface area contributed by atoms with E-state index in [0.29, 0.717) is 18.7 Å². The second-order valence-corrected chi connectivity index (χ2v) is 7.71. The van der Waals surface area contributed by atoms with Crippen LogP contribution in [-0.2, 0) is 16.0 Å². The molecule has 2 amide bonds. The lowest BCUT2D eigenvalue weighted by atomic mass is 10.1. The van der Waals surface area contributed by atoms with Crippen molar-refractivity contribution < 1.29 is 14.3 Å². The number of aromatic nitrogens is 1. The normalized spacial score (nSPS) is 10.6. The number of carbonyl (C=O) groups is 2. The van der Waals surface area contributed by atoms with E-state index in [2.05, 4.69) is 15.0 Å². The summed E-state index contributed by atoms with van der Waals surface area (Å²) < 4.78 is 4.69. The van der Waals surface area contributed by atoms with Crippen LogP contribution in [0.4, 0.5) is 16.3 Å². The highest BCUT2D eigenvalue weighted by atomic mass is 16.5. The lowest BCUT2D eigenvalue weighted by Gasteiger charge is -2.18. The number of fused-ring (bicyclic) bond motifs is 1. The number of rotatable bonds is 6. The highest BCUT2D eigenvalue weighted by Gasteiger charge is 2.13. The molecule has 6 nitrogen and oxygen atoms in total. The number of pyridine rings is 1. The Hall–Kier alpha value is -4.19. The van der Waals surface area contributed by atoms with Gasteiger partial charge in [0.05, 0.1) is 12.8 Å². The molecule has 4 rings (SSSR count). The molecule has 0 spiro atoms. The lowest BCUT2D eigenvalue weighted by molar-refractivity contribution is -0.140. The Morgan fingerprint density at radius 1 is 0.909 bits per heavy atom. The van der Waals surface area contributed by atoms with Crippen molar-refractivity contribution in [1.82, 2.24) is 4.98 Å². The highest BCUT2D eigenvalue weighted by molar-refractivity contribution is 6.02. The zero-order chi connectivity index (χ0) is 23.2. The van der Waals surface area contributed by atoms with Gasteiger partial charge in [0.2, 0.25) is 0 Å². The maximum Gasteiger partial charge on any atom is 0.327 e. The number of amides is 2. The van der Waals surface area contributed by atoms with Crippen molar-refractivity contribution in [3.8, 4) is 11.3 Å². The van der Waals surface area contributed by atoms with E-state index in [4.69, 9.17) is 0 Å².